The van der Waals surface area contributed by atoms with E-state index >= 15 is 0 Å². The molecule has 10 heteroatoms. The number of anilines is 3. The Labute approximate surface area is 226 Å². The van der Waals surface area contributed by atoms with Crippen molar-refractivity contribution in [3.8, 4) is 5.75 Å². The van der Waals surface area contributed by atoms with Crippen LogP contribution in [0.3, 0.4) is 0 Å². The van der Waals surface area contributed by atoms with Crippen LogP contribution in [0.5, 0.6) is 5.75 Å². The summed E-state index contributed by atoms with van der Waals surface area (Å²) >= 11 is 0. The van der Waals surface area contributed by atoms with Gasteiger partial charge in [0.15, 0.2) is 5.82 Å². The maximum atomic E-state index is 12.4. The maximum absolute atomic E-state index is 12.4. The van der Waals surface area contributed by atoms with Gasteiger partial charge >= 0.3 is 6.09 Å². The van der Waals surface area contributed by atoms with Crippen molar-refractivity contribution >= 4 is 29.5 Å². The molecule has 208 valence electrons. The Morgan fingerprint density at radius 3 is 2.34 bits per heavy atom. The van der Waals surface area contributed by atoms with Crippen molar-refractivity contribution in [1.82, 2.24) is 14.9 Å². The van der Waals surface area contributed by atoms with E-state index in [1.54, 1.807) is 22.9 Å². The molecule has 10 nitrogen and oxygen atoms in total. The number of rotatable bonds is 11. The Bertz CT molecular complexity index is 1050. The summed E-state index contributed by atoms with van der Waals surface area (Å²) in [5.41, 5.74) is 1.82. The zero-order valence-corrected chi connectivity index (χ0v) is 23.6. The van der Waals surface area contributed by atoms with E-state index in [1.165, 1.54) is 0 Å². The minimum absolute atomic E-state index is 0.0258. The third-order valence-electron chi connectivity index (χ3n) is 6.57. The Morgan fingerprint density at radius 1 is 1.11 bits per heavy atom. The number of amides is 2. The second-order valence-corrected chi connectivity index (χ2v) is 9.75. The average Bonchev–Trinajstić information content (AvgIpc) is 2.90. The summed E-state index contributed by atoms with van der Waals surface area (Å²) in [4.78, 5) is 39.6. The highest BCUT2D eigenvalue weighted by Crippen LogP contribution is 2.28. The lowest BCUT2D eigenvalue weighted by atomic mass is 10.1. The maximum Gasteiger partial charge on any atom is 0.415 e. The predicted octanol–water partition coefficient (Wildman–Crippen LogP) is 4.35. The molecule has 0 bridgehead atoms. The molecule has 3 rings (SSSR count). The van der Waals surface area contributed by atoms with E-state index in [0.717, 1.165) is 31.5 Å². The number of aryl methyl sites for hydroxylation is 1. The van der Waals surface area contributed by atoms with Gasteiger partial charge in [-0.2, -0.15) is 4.98 Å². The molecule has 1 aromatic heterocycles. The van der Waals surface area contributed by atoms with Crippen LogP contribution in [0.2, 0.25) is 0 Å². The summed E-state index contributed by atoms with van der Waals surface area (Å²) in [5, 5.41) is 3.53. The molecule has 0 unspecified atom stereocenters. The number of nitrogens with zero attached hydrogens (tertiary/aromatic N) is 5. The molecule has 2 heterocycles. The van der Waals surface area contributed by atoms with Crippen LogP contribution in [0.4, 0.5) is 22.2 Å². The number of hydrogen-bond acceptors (Lipinski definition) is 8. The minimum Gasteiger partial charge on any atom is -0.410 e. The minimum atomic E-state index is -0.343. The van der Waals surface area contributed by atoms with Crippen LogP contribution in [0.25, 0.3) is 0 Å². The number of morpholine rings is 1. The molecule has 1 N–H and O–H groups in total. The smallest absolute Gasteiger partial charge is 0.410 e. The first-order chi connectivity index (χ1) is 18.2. The van der Waals surface area contributed by atoms with Gasteiger partial charge in [-0.1, -0.05) is 12.1 Å². The van der Waals surface area contributed by atoms with E-state index in [1.807, 2.05) is 38.1 Å². The third-order valence-corrected chi connectivity index (χ3v) is 6.57. The molecular weight excluding hydrogens is 484 g/mol. The average molecular weight is 527 g/mol. The first kappa shape index (κ1) is 29.2. The van der Waals surface area contributed by atoms with E-state index in [0.29, 0.717) is 49.5 Å². The molecule has 0 aliphatic carbocycles. The van der Waals surface area contributed by atoms with Crippen molar-refractivity contribution in [3.05, 3.63) is 36.0 Å². The van der Waals surface area contributed by atoms with Crippen LogP contribution in [0.1, 0.15) is 53.5 Å². The molecule has 0 spiro atoms. The molecule has 2 aromatic rings. The lowest BCUT2D eigenvalue weighted by molar-refractivity contribution is -0.116. The normalized spacial score (nSPS) is 14.2. The summed E-state index contributed by atoms with van der Waals surface area (Å²) in [7, 11) is 0. The molecular formula is C28H42N6O4. The zero-order valence-electron chi connectivity index (χ0n) is 23.6. The monoisotopic (exact) mass is 526 g/mol. The van der Waals surface area contributed by atoms with Crippen molar-refractivity contribution in [2.45, 2.75) is 66.5 Å². The molecule has 38 heavy (non-hydrogen) atoms. The fourth-order valence-electron chi connectivity index (χ4n) is 4.44. The van der Waals surface area contributed by atoms with Crippen LogP contribution in [-0.4, -0.2) is 78.3 Å². The van der Waals surface area contributed by atoms with Crippen LogP contribution >= 0.6 is 0 Å². The SMILES string of the molecule is CCN(CC)c1ncc(N(C(C)=O)C(C)C)c(N[C@H](C)CCc2ccc(OC(=O)N3CCOCC3)cc2)n1. The molecule has 0 radical (unpaired) electrons. The Balaban J connectivity index is 1.65. The highest BCUT2D eigenvalue weighted by molar-refractivity contribution is 5.95. The molecule has 1 aliphatic rings. The lowest BCUT2D eigenvalue weighted by Gasteiger charge is -2.29. The first-order valence-electron chi connectivity index (χ1n) is 13.5. The zero-order chi connectivity index (χ0) is 27.7. The number of nitrogens with one attached hydrogen (secondary N) is 1. The van der Waals surface area contributed by atoms with Crippen LogP contribution in [0, 0.1) is 0 Å². The standard InChI is InChI=1S/C28H42N6O4/c1-7-32(8-2)27-29-19-25(34(20(3)4)22(6)35)26(31-27)30-21(5)9-10-23-11-13-24(14-12-23)38-28(36)33-15-17-37-18-16-33/h11-14,19-21H,7-10,15-18H2,1-6H3,(H,29,30,31)/t21-/m1/s1. The van der Waals surface area contributed by atoms with Crippen molar-refractivity contribution in [1.29, 1.82) is 0 Å². The molecule has 1 fully saturated rings. The predicted molar refractivity (Wildman–Crippen MR) is 150 cm³/mol. The van der Waals surface area contributed by atoms with E-state index in [9.17, 15) is 9.59 Å². The van der Waals surface area contributed by atoms with Crippen LogP contribution in [-0.2, 0) is 16.0 Å². The summed E-state index contributed by atoms with van der Waals surface area (Å²) in [6, 6.07) is 7.70. The van der Waals surface area contributed by atoms with Gasteiger partial charge in [-0.3, -0.25) is 4.79 Å². The number of benzene rings is 1. The number of aromatic nitrogens is 2. The molecule has 0 saturated carbocycles. The molecule has 1 saturated heterocycles. The van der Waals surface area contributed by atoms with E-state index in [2.05, 4.69) is 36.0 Å². The number of carbonyl (C=O) groups is 2. The van der Waals surface area contributed by atoms with Crippen molar-refractivity contribution < 1.29 is 19.1 Å². The van der Waals surface area contributed by atoms with Gasteiger partial charge in [-0.15, -0.1) is 0 Å². The Kier molecular flexibility index (Phi) is 10.7. The van der Waals surface area contributed by atoms with Gasteiger partial charge in [0.25, 0.3) is 0 Å². The molecule has 1 aromatic carbocycles. The van der Waals surface area contributed by atoms with E-state index in [-0.39, 0.29) is 24.1 Å². The highest BCUT2D eigenvalue weighted by Gasteiger charge is 2.23. The van der Waals surface area contributed by atoms with Gasteiger partial charge in [0.1, 0.15) is 11.4 Å². The molecule has 1 atom stereocenters. The van der Waals surface area contributed by atoms with Crippen LogP contribution < -0.4 is 19.9 Å². The van der Waals surface area contributed by atoms with Gasteiger partial charge in [0, 0.05) is 45.2 Å². The summed E-state index contributed by atoms with van der Waals surface area (Å²) in [6.45, 7) is 15.5. The fourth-order valence-corrected chi connectivity index (χ4v) is 4.44. The Morgan fingerprint density at radius 2 is 1.76 bits per heavy atom. The second kappa shape index (κ2) is 13.9. The number of ether oxygens (including phenoxy) is 2. The second-order valence-electron chi connectivity index (χ2n) is 9.75. The largest absolute Gasteiger partial charge is 0.415 e. The quantitative estimate of drug-likeness (QED) is 0.461. The summed E-state index contributed by atoms with van der Waals surface area (Å²) in [6.07, 6.45) is 3.08. The molecule has 1 aliphatic heterocycles. The van der Waals surface area contributed by atoms with Crippen LogP contribution in [0.15, 0.2) is 30.5 Å². The topological polar surface area (TPSA) is 100 Å². The Hall–Kier alpha value is -3.40. The van der Waals surface area contributed by atoms with Gasteiger partial charge < -0.3 is 29.5 Å². The van der Waals surface area contributed by atoms with Gasteiger partial charge in [0.2, 0.25) is 11.9 Å². The van der Waals surface area contributed by atoms with Gasteiger partial charge in [-0.05, 0) is 65.2 Å². The highest BCUT2D eigenvalue weighted by atomic mass is 16.6. The number of hydrogen-bond donors (Lipinski definition) is 1. The lowest BCUT2D eigenvalue weighted by Crippen LogP contribution is -2.42. The fraction of sp³-hybridized carbons (Fsp3) is 0.571. The first-order valence-corrected chi connectivity index (χ1v) is 13.5. The van der Waals surface area contributed by atoms with Crippen molar-refractivity contribution in [2.24, 2.45) is 0 Å². The third kappa shape index (κ3) is 7.80. The van der Waals surface area contributed by atoms with Crippen molar-refractivity contribution in [2.75, 3.05) is 54.5 Å². The summed E-state index contributed by atoms with van der Waals surface area (Å²) in [5.74, 6) is 1.78. The van der Waals surface area contributed by atoms with Crippen molar-refractivity contribution in [3.63, 3.8) is 0 Å². The number of carbonyl (C=O) groups excluding carboxylic acids is 2. The van der Waals surface area contributed by atoms with E-state index < -0.39 is 0 Å². The van der Waals surface area contributed by atoms with Gasteiger partial charge in [0.05, 0.1) is 19.4 Å². The molecule has 2 amide bonds. The van der Waals surface area contributed by atoms with E-state index in [4.69, 9.17) is 14.5 Å². The summed E-state index contributed by atoms with van der Waals surface area (Å²) < 4.78 is 10.8. The van der Waals surface area contributed by atoms with Gasteiger partial charge in [-0.25, -0.2) is 9.78 Å².